The molecule has 3 heterocycles. The number of methoxy groups -OCH3 is 1. The molecule has 1 fully saturated rings. The highest BCUT2D eigenvalue weighted by Crippen LogP contribution is 2.24. The zero-order valence-electron chi connectivity index (χ0n) is 19.2. The Labute approximate surface area is 207 Å². The van der Waals surface area contributed by atoms with Crippen molar-refractivity contribution >= 4 is 27.0 Å². The van der Waals surface area contributed by atoms with Gasteiger partial charge >= 0.3 is 0 Å². The van der Waals surface area contributed by atoms with Crippen LogP contribution in [0.15, 0.2) is 86.6 Å². The number of ether oxygens (including phenoxy) is 2. The molecule has 1 aliphatic heterocycles. The fourth-order valence-corrected chi connectivity index (χ4v) is 6.16. The van der Waals surface area contributed by atoms with E-state index < -0.39 is 10.0 Å². The van der Waals surface area contributed by atoms with E-state index in [0.717, 1.165) is 27.6 Å². The number of benzene rings is 2. The second kappa shape index (κ2) is 10.2. The summed E-state index contributed by atoms with van der Waals surface area (Å²) in [5.74, 6) is 1.55. The number of morpholine rings is 1. The highest BCUT2D eigenvalue weighted by molar-refractivity contribution is 7.89. The molecule has 0 aliphatic carbocycles. The van der Waals surface area contributed by atoms with Crippen LogP contribution in [0.3, 0.4) is 0 Å². The minimum atomic E-state index is -3.55. The minimum absolute atomic E-state index is 0.256. The molecule has 0 bridgehead atoms. The summed E-state index contributed by atoms with van der Waals surface area (Å²) in [6.07, 6.45) is 1.65. The molecule has 0 spiro atoms. The molecule has 1 aliphatic rings. The van der Waals surface area contributed by atoms with Crippen molar-refractivity contribution in [2.24, 2.45) is 4.99 Å². The third-order valence-corrected chi connectivity index (χ3v) is 8.52. The lowest BCUT2D eigenvalue weighted by molar-refractivity contribution is 0.0730. The van der Waals surface area contributed by atoms with E-state index in [1.54, 1.807) is 37.6 Å². The van der Waals surface area contributed by atoms with Gasteiger partial charge in [0, 0.05) is 18.5 Å². The predicted molar refractivity (Wildman–Crippen MR) is 133 cm³/mol. The first kappa shape index (κ1) is 23.6. The summed E-state index contributed by atoms with van der Waals surface area (Å²) in [6, 6.07) is 18.4. The quantitative estimate of drug-likeness (QED) is 0.373. The van der Waals surface area contributed by atoms with Crippen molar-refractivity contribution in [2.75, 3.05) is 33.4 Å². The number of rotatable bonds is 7. The van der Waals surface area contributed by atoms with Crippen molar-refractivity contribution in [3.63, 3.8) is 0 Å². The topological polar surface area (TPSA) is 86.3 Å². The summed E-state index contributed by atoms with van der Waals surface area (Å²) in [5, 5.41) is 2.01. The lowest BCUT2D eigenvalue weighted by atomic mass is 10.2. The van der Waals surface area contributed by atoms with Gasteiger partial charge in [-0.25, -0.2) is 13.4 Å². The molecule has 5 rings (SSSR count). The maximum atomic E-state index is 12.9. The van der Waals surface area contributed by atoms with E-state index in [9.17, 15) is 8.42 Å². The Morgan fingerprint density at radius 3 is 2.43 bits per heavy atom. The van der Waals surface area contributed by atoms with Gasteiger partial charge in [-0.05, 0) is 54.1 Å². The fraction of sp³-hybridized carbons (Fsp3) is 0.240. The molecule has 35 heavy (non-hydrogen) atoms. The maximum absolute atomic E-state index is 12.9. The van der Waals surface area contributed by atoms with E-state index in [0.29, 0.717) is 38.5 Å². The lowest BCUT2D eigenvalue weighted by Crippen LogP contribution is -2.40. The summed E-state index contributed by atoms with van der Waals surface area (Å²) in [6.45, 7) is 2.15. The molecule has 0 amide bonds. The van der Waals surface area contributed by atoms with Crippen LogP contribution in [-0.4, -0.2) is 50.7 Å². The summed E-state index contributed by atoms with van der Waals surface area (Å²) < 4.78 is 45.6. The number of nitrogens with zero attached hydrogens (tertiary/aromatic N) is 3. The molecule has 1 saturated heterocycles. The molecular formula is C25H25N3O5S2. The SMILES string of the molecule is COc1ccc(Cn2c(-c3ccco3)csc2=Nc2ccc(S(=O)(=O)N3CCOCC3)cc2)cc1. The average molecular weight is 512 g/mol. The monoisotopic (exact) mass is 511 g/mol. The Morgan fingerprint density at radius 2 is 1.77 bits per heavy atom. The number of thiazole rings is 1. The number of hydrogen-bond acceptors (Lipinski definition) is 7. The van der Waals surface area contributed by atoms with E-state index in [-0.39, 0.29) is 4.90 Å². The van der Waals surface area contributed by atoms with E-state index in [1.165, 1.54) is 15.6 Å². The van der Waals surface area contributed by atoms with Gasteiger partial charge in [-0.2, -0.15) is 4.31 Å². The van der Waals surface area contributed by atoms with Crippen molar-refractivity contribution in [1.82, 2.24) is 8.87 Å². The van der Waals surface area contributed by atoms with Crippen LogP contribution in [0.1, 0.15) is 5.56 Å². The van der Waals surface area contributed by atoms with Crippen LogP contribution < -0.4 is 9.54 Å². The molecule has 0 radical (unpaired) electrons. The third kappa shape index (κ3) is 5.10. The molecule has 0 unspecified atom stereocenters. The van der Waals surface area contributed by atoms with Gasteiger partial charge in [0.15, 0.2) is 10.6 Å². The van der Waals surface area contributed by atoms with Gasteiger partial charge in [-0.3, -0.25) is 0 Å². The Kier molecular flexibility index (Phi) is 6.87. The third-order valence-electron chi connectivity index (χ3n) is 5.74. The van der Waals surface area contributed by atoms with Crippen LogP contribution in [0.4, 0.5) is 5.69 Å². The lowest BCUT2D eigenvalue weighted by Gasteiger charge is -2.26. The van der Waals surface area contributed by atoms with Crippen LogP contribution in [-0.2, 0) is 21.3 Å². The number of aromatic nitrogens is 1. The van der Waals surface area contributed by atoms with E-state index in [4.69, 9.17) is 18.9 Å². The molecule has 2 aromatic carbocycles. The molecular weight excluding hydrogens is 486 g/mol. The van der Waals surface area contributed by atoms with Crippen LogP contribution in [0.25, 0.3) is 11.5 Å². The second-order valence-corrected chi connectivity index (χ2v) is 10.7. The molecule has 182 valence electrons. The largest absolute Gasteiger partial charge is 0.497 e. The van der Waals surface area contributed by atoms with Crippen molar-refractivity contribution in [2.45, 2.75) is 11.4 Å². The van der Waals surface area contributed by atoms with Gasteiger partial charge in [-0.1, -0.05) is 12.1 Å². The van der Waals surface area contributed by atoms with Gasteiger partial charge in [0.05, 0.1) is 49.4 Å². The maximum Gasteiger partial charge on any atom is 0.243 e. The Bertz CT molecular complexity index is 1430. The van der Waals surface area contributed by atoms with E-state index >= 15 is 0 Å². The van der Waals surface area contributed by atoms with Crippen LogP contribution in [0.5, 0.6) is 5.75 Å². The van der Waals surface area contributed by atoms with Crippen molar-refractivity contribution in [3.05, 3.63) is 82.7 Å². The van der Waals surface area contributed by atoms with Crippen molar-refractivity contribution in [3.8, 4) is 17.2 Å². The van der Waals surface area contributed by atoms with Gasteiger partial charge < -0.3 is 18.5 Å². The van der Waals surface area contributed by atoms with Gasteiger partial charge in [-0.15, -0.1) is 11.3 Å². The Morgan fingerprint density at radius 1 is 1.03 bits per heavy atom. The predicted octanol–water partition coefficient (Wildman–Crippen LogP) is 4.12. The summed E-state index contributed by atoms with van der Waals surface area (Å²) in [7, 11) is -1.90. The highest BCUT2D eigenvalue weighted by atomic mass is 32.2. The first-order valence-electron chi connectivity index (χ1n) is 11.1. The average Bonchev–Trinajstić information content (AvgIpc) is 3.56. The van der Waals surface area contributed by atoms with Crippen LogP contribution >= 0.6 is 11.3 Å². The molecule has 10 heteroatoms. The number of hydrogen-bond donors (Lipinski definition) is 0. The molecule has 2 aromatic heterocycles. The standard InChI is InChI=1S/C25H25N3O5S2/c1-31-21-8-4-19(5-9-21)17-28-23(24-3-2-14-33-24)18-34-25(28)26-20-6-10-22(11-7-20)35(29,30)27-12-15-32-16-13-27/h2-11,14,18H,12-13,15-17H2,1H3. The number of sulfonamides is 1. The van der Waals surface area contributed by atoms with Gasteiger partial charge in [0.1, 0.15) is 5.75 Å². The zero-order chi connectivity index (χ0) is 24.3. The summed E-state index contributed by atoms with van der Waals surface area (Å²) in [4.78, 5) is 5.85. The van der Waals surface area contributed by atoms with Crippen molar-refractivity contribution in [1.29, 1.82) is 0 Å². The van der Waals surface area contributed by atoms with E-state index in [1.807, 2.05) is 41.8 Å². The smallest absolute Gasteiger partial charge is 0.243 e. The van der Waals surface area contributed by atoms with Crippen LogP contribution in [0, 0.1) is 0 Å². The summed E-state index contributed by atoms with van der Waals surface area (Å²) >= 11 is 1.50. The molecule has 0 N–H and O–H groups in total. The zero-order valence-corrected chi connectivity index (χ0v) is 20.8. The minimum Gasteiger partial charge on any atom is -0.497 e. The second-order valence-electron chi connectivity index (χ2n) is 7.94. The Balaban J connectivity index is 1.48. The molecule has 8 nitrogen and oxygen atoms in total. The van der Waals surface area contributed by atoms with E-state index in [2.05, 4.69) is 4.57 Å². The normalized spacial score (nSPS) is 15.4. The molecule has 4 aromatic rings. The first-order valence-corrected chi connectivity index (χ1v) is 13.4. The van der Waals surface area contributed by atoms with Gasteiger partial charge in [0.25, 0.3) is 0 Å². The van der Waals surface area contributed by atoms with Crippen molar-refractivity contribution < 1.29 is 22.3 Å². The molecule has 0 atom stereocenters. The first-order chi connectivity index (χ1) is 17.0. The van der Waals surface area contributed by atoms with Gasteiger partial charge in [0.2, 0.25) is 10.0 Å². The number of furan rings is 1. The van der Waals surface area contributed by atoms with Crippen LogP contribution in [0.2, 0.25) is 0 Å². The molecule has 0 saturated carbocycles. The summed E-state index contributed by atoms with van der Waals surface area (Å²) in [5.41, 5.74) is 2.67. The Hall–Kier alpha value is -3.18. The highest BCUT2D eigenvalue weighted by Gasteiger charge is 2.26. The fourth-order valence-electron chi connectivity index (χ4n) is 3.85.